The van der Waals surface area contributed by atoms with E-state index in [0.717, 1.165) is 37.7 Å². The standard InChI is InChI=1S/C28H48N3O5S/c1-20-12-13-25-27(3,4)15-9-16-28(25,5)23(20)18-24(21(2)10-8-11-22-14-17-34-19-22)35-37(32,33)36-30-26(29)31(6)7/h12,14,17,19,21,23-25,30H,8-11,13,15-16,18,29H2,1-7H3/q-1/t21-,23+,24+,25+,28-/m1/s1. The molecular formula is C28H48N3O5S-. The molecule has 212 valence electrons. The van der Waals surface area contributed by atoms with Gasteiger partial charge in [0.25, 0.3) is 0 Å². The number of rotatable bonds is 13. The smallest absolute Gasteiger partial charge is 0.414 e. The maximum Gasteiger partial charge on any atom is 0.414 e. The number of fused-ring (bicyclic) bond motifs is 1. The third-order valence-electron chi connectivity index (χ3n) is 9.08. The molecule has 2 aliphatic rings. The first-order chi connectivity index (χ1) is 17.2. The fourth-order valence-electron chi connectivity index (χ4n) is 6.80. The molecule has 0 saturated heterocycles. The molecule has 0 radical (unpaired) electrons. The summed E-state index contributed by atoms with van der Waals surface area (Å²) in [6.07, 6.45) is 13.3. The summed E-state index contributed by atoms with van der Waals surface area (Å²) in [6.45, 7) is 11.5. The molecule has 0 aliphatic heterocycles. The van der Waals surface area contributed by atoms with Crippen molar-refractivity contribution in [2.75, 3.05) is 14.1 Å². The van der Waals surface area contributed by atoms with Crippen LogP contribution in [-0.2, 0) is 25.3 Å². The number of furan rings is 1. The number of aryl methyl sites for hydroxylation is 1. The Bertz CT molecular complexity index is 991. The van der Waals surface area contributed by atoms with Crippen molar-refractivity contribution in [2.45, 2.75) is 92.1 Å². The van der Waals surface area contributed by atoms with Gasteiger partial charge in [-0.25, -0.2) is 4.18 Å². The van der Waals surface area contributed by atoms with Crippen LogP contribution < -0.4 is 11.2 Å². The Hall–Kier alpha value is -1.23. The highest BCUT2D eigenvalue weighted by atomic mass is 32.3. The van der Waals surface area contributed by atoms with E-state index >= 15 is 0 Å². The molecule has 1 saturated carbocycles. The molecule has 0 amide bonds. The van der Waals surface area contributed by atoms with Crippen LogP contribution in [0.25, 0.3) is 0 Å². The van der Waals surface area contributed by atoms with Crippen LogP contribution in [0.15, 0.2) is 34.7 Å². The van der Waals surface area contributed by atoms with E-state index in [1.165, 1.54) is 23.3 Å². The summed E-state index contributed by atoms with van der Waals surface area (Å²) in [5.74, 6) is 0.811. The molecule has 2 aliphatic carbocycles. The zero-order chi connectivity index (χ0) is 27.4. The predicted octanol–water partition coefficient (Wildman–Crippen LogP) is 5.55. The summed E-state index contributed by atoms with van der Waals surface area (Å²) in [5.41, 5.74) is 10.9. The molecule has 5 atom stereocenters. The summed E-state index contributed by atoms with van der Waals surface area (Å²) < 4.78 is 41.7. The Morgan fingerprint density at radius 1 is 1.30 bits per heavy atom. The maximum absolute atomic E-state index is 12.9. The maximum atomic E-state index is 12.9. The summed E-state index contributed by atoms with van der Waals surface area (Å²) in [4.78, 5) is 1.52. The molecule has 0 bridgehead atoms. The minimum Gasteiger partial charge on any atom is -0.472 e. The summed E-state index contributed by atoms with van der Waals surface area (Å²) in [5, 5.41) is 0. The largest absolute Gasteiger partial charge is 0.472 e. The molecule has 1 fully saturated rings. The van der Waals surface area contributed by atoms with Gasteiger partial charge >= 0.3 is 10.4 Å². The molecule has 0 unspecified atom stereocenters. The molecule has 0 aromatic carbocycles. The Balaban J connectivity index is 1.79. The van der Waals surface area contributed by atoms with Gasteiger partial charge < -0.3 is 20.5 Å². The fraction of sp³-hybridized carbons (Fsp3) is 0.750. The van der Waals surface area contributed by atoms with Crippen LogP contribution in [0.2, 0.25) is 0 Å². The molecule has 1 aromatic heterocycles. The van der Waals surface area contributed by atoms with Crippen molar-refractivity contribution in [2.24, 2.45) is 34.3 Å². The van der Waals surface area contributed by atoms with Crippen LogP contribution in [0.1, 0.15) is 85.1 Å². The van der Waals surface area contributed by atoms with E-state index in [-0.39, 0.29) is 29.0 Å². The zero-order valence-corrected chi connectivity index (χ0v) is 24.6. The Morgan fingerprint density at radius 3 is 2.68 bits per heavy atom. The van der Waals surface area contributed by atoms with Crippen LogP contribution >= 0.6 is 0 Å². The molecular weight excluding hydrogens is 490 g/mol. The lowest BCUT2D eigenvalue weighted by Gasteiger charge is -2.57. The summed E-state index contributed by atoms with van der Waals surface area (Å²) >= 11 is 0. The van der Waals surface area contributed by atoms with Crippen LogP contribution in [0.5, 0.6) is 0 Å². The van der Waals surface area contributed by atoms with Crippen molar-refractivity contribution in [1.82, 2.24) is 10.4 Å². The summed E-state index contributed by atoms with van der Waals surface area (Å²) in [7, 11) is -0.965. The first kappa shape index (κ1) is 30.3. The molecule has 8 nitrogen and oxygen atoms in total. The number of hydroxylamine groups is 1. The number of nitrogens with one attached hydrogen (secondary N) is 1. The van der Waals surface area contributed by atoms with Gasteiger partial charge in [-0.05, 0) is 106 Å². The second kappa shape index (κ2) is 12.3. The van der Waals surface area contributed by atoms with Gasteiger partial charge in [0.2, 0.25) is 0 Å². The van der Waals surface area contributed by atoms with Gasteiger partial charge in [-0.15, -0.1) is 6.29 Å². The Morgan fingerprint density at radius 2 is 2.03 bits per heavy atom. The number of hydrogen-bond donors (Lipinski definition) is 2. The van der Waals surface area contributed by atoms with Crippen molar-refractivity contribution in [3.05, 3.63) is 42.1 Å². The molecule has 0 spiro atoms. The van der Waals surface area contributed by atoms with E-state index in [1.54, 1.807) is 26.6 Å². The number of hydrogen-bond acceptors (Lipinski definition) is 8. The highest BCUT2D eigenvalue weighted by molar-refractivity contribution is 7.81. The molecule has 3 rings (SSSR count). The number of allylic oxidation sites excluding steroid dienone is 2. The van der Waals surface area contributed by atoms with Crippen LogP contribution in [0.4, 0.5) is 0 Å². The third-order valence-corrected chi connectivity index (χ3v) is 9.85. The summed E-state index contributed by atoms with van der Waals surface area (Å²) in [6, 6.07) is 1.97. The Kier molecular flexibility index (Phi) is 10.1. The zero-order valence-electron chi connectivity index (χ0n) is 23.7. The second-order valence-electron chi connectivity index (χ2n) is 12.4. The lowest BCUT2D eigenvalue weighted by atomic mass is 9.48. The van der Waals surface area contributed by atoms with Gasteiger partial charge in [-0.1, -0.05) is 45.8 Å². The highest BCUT2D eigenvalue weighted by Gasteiger charge is 2.52. The van der Waals surface area contributed by atoms with E-state index < -0.39 is 16.5 Å². The molecule has 1 heterocycles. The topological polar surface area (TPSA) is 107 Å². The Labute approximate surface area is 224 Å². The minimum absolute atomic E-state index is 0.00817. The van der Waals surface area contributed by atoms with E-state index in [2.05, 4.69) is 46.2 Å². The minimum atomic E-state index is -4.34. The highest BCUT2D eigenvalue weighted by Crippen LogP contribution is 2.60. The van der Waals surface area contributed by atoms with Gasteiger partial charge in [0.1, 0.15) is 0 Å². The van der Waals surface area contributed by atoms with Crippen LogP contribution in [-0.4, -0.2) is 33.5 Å². The van der Waals surface area contributed by atoms with E-state index in [9.17, 15) is 8.42 Å². The SMILES string of the molecule is CC1=CC[C@H]2C(C)(C)CCC[C@]2(C)[C@H]1C[C@H](OS(=O)(=O)ON[C-](N)N(C)C)[C@H](C)CCCc1ccoc1. The third kappa shape index (κ3) is 7.67. The fourth-order valence-corrected chi connectivity index (χ4v) is 7.59. The monoisotopic (exact) mass is 538 g/mol. The van der Waals surface area contributed by atoms with E-state index in [0.29, 0.717) is 12.3 Å². The molecule has 37 heavy (non-hydrogen) atoms. The first-order valence-corrected chi connectivity index (χ1v) is 14.9. The van der Waals surface area contributed by atoms with Gasteiger partial charge in [-0.2, -0.15) is 12.7 Å². The van der Waals surface area contributed by atoms with Crippen molar-refractivity contribution < 1.29 is 21.3 Å². The van der Waals surface area contributed by atoms with E-state index in [1.807, 2.05) is 6.07 Å². The average molecular weight is 539 g/mol. The van der Waals surface area contributed by atoms with Gasteiger partial charge in [0.15, 0.2) is 0 Å². The lowest BCUT2D eigenvalue weighted by Crippen LogP contribution is -2.49. The molecule has 1 aromatic rings. The molecule has 9 heteroatoms. The average Bonchev–Trinajstić information content (AvgIpc) is 3.32. The van der Waals surface area contributed by atoms with Crippen LogP contribution in [0.3, 0.4) is 0 Å². The van der Waals surface area contributed by atoms with Crippen molar-refractivity contribution in [3.8, 4) is 0 Å². The quantitative estimate of drug-likeness (QED) is 0.191. The lowest BCUT2D eigenvalue weighted by molar-refractivity contribution is -0.0527. The van der Waals surface area contributed by atoms with Crippen molar-refractivity contribution in [3.63, 3.8) is 0 Å². The van der Waals surface area contributed by atoms with Crippen molar-refractivity contribution in [1.29, 1.82) is 0 Å². The van der Waals surface area contributed by atoms with Gasteiger partial charge in [-0.3, -0.25) is 0 Å². The number of nitrogens with zero attached hydrogens (tertiary/aromatic N) is 1. The first-order valence-electron chi connectivity index (χ1n) is 13.6. The second-order valence-corrected chi connectivity index (χ2v) is 13.6. The van der Waals surface area contributed by atoms with Crippen LogP contribution in [0, 0.1) is 34.9 Å². The predicted molar refractivity (Wildman–Crippen MR) is 146 cm³/mol. The number of nitrogens with two attached hydrogens (primary N) is 1. The van der Waals surface area contributed by atoms with Gasteiger partial charge in [0.05, 0.1) is 18.6 Å². The van der Waals surface area contributed by atoms with Crippen molar-refractivity contribution >= 4 is 10.4 Å². The molecule has 3 N–H and O–H groups in total. The van der Waals surface area contributed by atoms with E-state index in [4.69, 9.17) is 18.6 Å². The van der Waals surface area contributed by atoms with Gasteiger partial charge in [0, 0.05) is 0 Å². The normalized spacial score (nSPS) is 27.7.